The van der Waals surface area contributed by atoms with Crippen LogP contribution in [0.3, 0.4) is 0 Å². The summed E-state index contributed by atoms with van der Waals surface area (Å²) in [6.45, 7) is 0. The van der Waals surface area contributed by atoms with Gasteiger partial charge in [-0.25, -0.2) is 0 Å². The molecule has 0 atom stereocenters. The van der Waals surface area contributed by atoms with Gasteiger partial charge in [0.05, 0.1) is 19.1 Å². The van der Waals surface area contributed by atoms with E-state index in [4.69, 9.17) is 9.47 Å². The summed E-state index contributed by atoms with van der Waals surface area (Å²) in [5.41, 5.74) is 23.5. The average Bonchev–Trinajstić information content (AvgIpc) is 0.801. The highest BCUT2D eigenvalue weighted by Gasteiger charge is 2.19. The zero-order chi connectivity index (χ0) is 80.7. The molecule has 0 aromatic heterocycles. The standard InChI is InChI=1S/2C36H30N2O.C35H27N3O2/c1-37(34-13-8-14-36(26-34)39-2)31-20-15-28(16-21-31)29-17-22-33(23-18-29)38(32-11-4-3-5-12-32)35-24-19-27-9-6-7-10-30(27)25-35;1-37(32-22-24-36(39-2)25-23-32)31-17-12-28(13-18-31)29-14-19-34(20-15-29)38(33-10-4-3-5-11-33)35-21-16-27-8-6-7-9-30(27)26-35;1-36(31-21-23-34(24-22-31)38(39)40)30-16-11-27(12-17-30)28-13-18-33(19-14-28)37(32-9-3-2-4-10-32)35-20-15-26-7-5-6-8-29(26)25-35/h2*3-26H,1-2H3;2-25H,1H3. The lowest BCUT2D eigenvalue weighted by molar-refractivity contribution is -0.384. The first-order valence-electron chi connectivity index (χ1n) is 39.3. The molecule has 18 aromatic carbocycles. The van der Waals surface area contributed by atoms with Crippen molar-refractivity contribution in [3.8, 4) is 44.9 Å². The Bertz CT molecular complexity index is 6380. The van der Waals surface area contributed by atoms with E-state index in [0.29, 0.717) is 0 Å². The number of methoxy groups -OCH3 is 2. The Labute approximate surface area is 690 Å². The molecule has 0 aliphatic rings. The summed E-state index contributed by atoms with van der Waals surface area (Å²) in [4.78, 5) is 23.8. The smallest absolute Gasteiger partial charge is 0.269 e. The molecule has 0 aliphatic heterocycles. The van der Waals surface area contributed by atoms with E-state index in [-0.39, 0.29) is 10.6 Å². The average molecular weight is 1530 g/mol. The van der Waals surface area contributed by atoms with E-state index in [0.717, 1.165) is 108 Å². The van der Waals surface area contributed by atoms with Gasteiger partial charge >= 0.3 is 0 Å². The van der Waals surface area contributed by atoms with Crippen molar-refractivity contribution >= 4 is 123 Å². The Morgan fingerprint density at radius 3 is 0.720 bits per heavy atom. The van der Waals surface area contributed by atoms with Crippen LogP contribution >= 0.6 is 0 Å². The summed E-state index contributed by atoms with van der Waals surface area (Å²) in [6.07, 6.45) is 0. The largest absolute Gasteiger partial charge is 0.497 e. The van der Waals surface area contributed by atoms with E-state index in [9.17, 15) is 10.1 Å². The normalized spacial score (nSPS) is 10.8. The summed E-state index contributed by atoms with van der Waals surface area (Å²) in [5.74, 6) is 1.71. The van der Waals surface area contributed by atoms with Crippen LogP contribution in [0.1, 0.15) is 0 Å². The van der Waals surface area contributed by atoms with Crippen LogP contribution in [0.25, 0.3) is 65.7 Å². The van der Waals surface area contributed by atoms with Gasteiger partial charge in [-0.2, -0.15) is 0 Å². The summed E-state index contributed by atoms with van der Waals surface area (Å²) in [6, 6.07) is 152. The van der Waals surface area contributed by atoms with Crippen molar-refractivity contribution < 1.29 is 14.4 Å². The minimum Gasteiger partial charge on any atom is -0.497 e. The zero-order valence-corrected chi connectivity index (χ0v) is 66.3. The number of nitro groups is 1. The van der Waals surface area contributed by atoms with Gasteiger partial charge in [0.1, 0.15) is 11.5 Å². The molecule has 0 unspecified atom stereocenters. The zero-order valence-electron chi connectivity index (χ0n) is 66.3. The first-order chi connectivity index (χ1) is 57.9. The maximum Gasteiger partial charge on any atom is 0.269 e. The molecule has 118 heavy (non-hydrogen) atoms. The van der Waals surface area contributed by atoms with Gasteiger partial charge in [-0.1, -0.05) is 224 Å². The van der Waals surface area contributed by atoms with Crippen molar-refractivity contribution in [2.45, 2.75) is 0 Å². The fourth-order valence-electron chi connectivity index (χ4n) is 14.9. The lowest BCUT2D eigenvalue weighted by atomic mass is 10.0. The third-order valence-corrected chi connectivity index (χ3v) is 21.5. The minimum absolute atomic E-state index is 0.0855. The second-order valence-corrected chi connectivity index (χ2v) is 28.7. The fourth-order valence-corrected chi connectivity index (χ4v) is 14.9. The number of fused-ring (bicyclic) bond motifs is 3. The highest BCUT2D eigenvalue weighted by Crippen LogP contribution is 2.43. The van der Waals surface area contributed by atoms with E-state index in [1.807, 2.05) is 48.3 Å². The van der Waals surface area contributed by atoms with Gasteiger partial charge in [-0.15, -0.1) is 0 Å². The highest BCUT2D eigenvalue weighted by molar-refractivity contribution is 5.93. The molecule has 0 fully saturated rings. The van der Waals surface area contributed by atoms with Gasteiger partial charge < -0.3 is 38.9 Å². The van der Waals surface area contributed by atoms with Gasteiger partial charge in [0.2, 0.25) is 0 Å². The van der Waals surface area contributed by atoms with Crippen molar-refractivity contribution in [3.63, 3.8) is 0 Å². The van der Waals surface area contributed by atoms with E-state index in [2.05, 4.69) is 415 Å². The first-order valence-corrected chi connectivity index (χ1v) is 39.3. The maximum absolute atomic E-state index is 11.0. The Balaban J connectivity index is 0.000000132. The number of nitrogens with zero attached hydrogens (tertiary/aromatic N) is 7. The monoisotopic (exact) mass is 1530 g/mol. The van der Waals surface area contributed by atoms with Gasteiger partial charge in [0.25, 0.3) is 5.69 Å². The predicted octanol–water partition coefficient (Wildman–Crippen LogP) is 29.2. The molecule has 18 rings (SSSR count). The molecule has 0 bridgehead atoms. The summed E-state index contributed by atoms with van der Waals surface area (Å²) >= 11 is 0. The number of para-hydroxylation sites is 3. The summed E-state index contributed by atoms with van der Waals surface area (Å²) in [5, 5.41) is 18.3. The Kier molecular flexibility index (Phi) is 23.2. The van der Waals surface area contributed by atoms with E-state index in [1.165, 1.54) is 66.7 Å². The molecule has 11 nitrogen and oxygen atoms in total. The number of benzene rings is 18. The molecule has 574 valence electrons. The molecule has 18 aromatic rings. The summed E-state index contributed by atoms with van der Waals surface area (Å²) < 4.78 is 10.7. The van der Waals surface area contributed by atoms with Crippen LogP contribution in [0.2, 0.25) is 0 Å². The number of non-ortho nitro benzene ring substituents is 1. The van der Waals surface area contributed by atoms with E-state index >= 15 is 0 Å². The van der Waals surface area contributed by atoms with Gasteiger partial charge in [0, 0.05) is 125 Å². The minimum atomic E-state index is -0.384. The fraction of sp³-hybridized carbons (Fsp3) is 0.0467. The lowest BCUT2D eigenvalue weighted by Crippen LogP contribution is -2.09. The third-order valence-electron chi connectivity index (χ3n) is 21.5. The molecule has 0 saturated heterocycles. The van der Waals surface area contributed by atoms with Crippen LogP contribution in [0.4, 0.5) is 91.0 Å². The molecular weight excluding hydrogens is 1450 g/mol. The van der Waals surface area contributed by atoms with Crippen LogP contribution in [-0.2, 0) is 0 Å². The number of anilines is 15. The van der Waals surface area contributed by atoms with Crippen molar-refractivity contribution in [1.29, 1.82) is 0 Å². The number of rotatable bonds is 21. The Morgan fingerprint density at radius 1 is 0.203 bits per heavy atom. The molecule has 0 aliphatic carbocycles. The Hall–Kier alpha value is -15.5. The molecule has 11 heteroatoms. The summed E-state index contributed by atoms with van der Waals surface area (Å²) in [7, 11) is 9.49. The van der Waals surface area contributed by atoms with E-state index in [1.54, 1.807) is 26.4 Å². The molecule has 0 saturated carbocycles. The lowest BCUT2D eigenvalue weighted by Gasteiger charge is -2.26. The second kappa shape index (κ2) is 35.7. The van der Waals surface area contributed by atoms with Crippen LogP contribution < -0.4 is 38.9 Å². The SMILES string of the molecule is CN(c1ccc(-c2ccc(N(c3ccccc3)c3ccc4ccccc4c3)cc2)cc1)c1ccc([N+](=O)[O-])cc1.COc1ccc(N(C)c2ccc(-c3ccc(N(c4ccccc4)c4ccc5ccccc5c4)cc3)cc2)cc1.COc1cccc(N(C)c2ccc(-c3ccc(N(c4ccccc4)c4ccc5ccccc5c4)cc3)cc2)c1. The third kappa shape index (κ3) is 17.5. The number of nitro benzene ring substituents is 1. The van der Waals surface area contributed by atoms with Crippen LogP contribution in [-0.4, -0.2) is 40.3 Å². The molecular formula is C107H87N7O4. The van der Waals surface area contributed by atoms with Gasteiger partial charge in [-0.05, 0) is 260 Å². The highest BCUT2D eigenvalue weighted by atomic mass is 16.6. The molecule has 0 radical (unpaired) electrons. The topological polar surface area (TPSA) is 81.0 Å². The number of ether oxygens (including phenoxy) is 2. The van der Waals surface area contributed by atoms with Crippen LogP contribution in [0.5, 0.6) is 11.5 Å². The number of hydrogen-bond acceptors (Lipinski definition) is 10. The van der Waals surface area contributed by atoms with Crippen molar-refractivity contribution in [3.05, 3.63) is 447 Å². The van der Waals surface area contributed by atoms with Crippen LogP contribution in [0.15, 0.2) is 437 Å². The molecule has 0 heterocycles. The quantitative estimate of drug-likeness (QED) is 0.0513. The Morgan fingerprint density at radius 2 is 0.432 bits per heavy atom. The van der Waals surface area contributed by atoms with E-state index < -0.39 is 0 Å². The van der Waals surface area contributed by atoms with Crippen LogP contribution in [0, 0.1) is 10.1 Å². The first kappa shape index (κ1) is 76.5. The maximum atomic E-state index is 11.0. The molecule has 0 amide bonds. The van der Waals surface area contributed by atoms with Crippen molar-refractivity contribution in [1.82, 2.24) is 0 Å². The second-order valence-electron chi connectivity index (χ2n) is 28.7. The van der Waals surface area contributed by atoms with Gasteiger partial charge in [0.15, 0.2) is 0 Å². The number of hydrogen-bond donors (Lipinski definition) is 0. The van der Waals surface area contributed by atoms with Gasteiger partial charge in [-0.3, -0.25) is 10.1 Å². The predicted molar refractivity (Wildman–Crippen MR) is 495 cm³/mol. The van der Waals surface area contributed by atoms with Crippen molar-refractivity contribution in [2.75, 3.05) is 64.8 Å². The molecule has 0 spiro atoms. The van der Waals surface area contributed by atoms with Crippen molar-refractivity contribution in [2.24, 2.45) is 0 Å². The molecule has 0 N–H and O–H groups in total.